The van der Waals surface area contributed by atoms with Crippen LogP contribution in [0.5, 0.6) is 0 Å². The zero-order valence-corrected chi connectivity index (χ0v) is 16.1. The first kappa shape index (κ1) is 18.8. The summed E-state index contributed by atoms with van der Waals surface area (Å²) in [5, 5.41) is 3.13. The summed E-state index contributed by atoms with van der Waals surface area (Å²) in [7, 11) is 0. The standard InChI is InChI=1S/C22H27FN4O/c23-18-8-10-19(11-9-18)25-22-24-13-12-20(26-22)17-7-4-14-27(15-17)21(28)16-5-2-1-3-6-16/h8-13,16-17H,1-7,14-15H2,(H,24,25,26). The van der Waals surface area contributed by atoms with Crippen molar-refractivity contribution in [2.24, 2.45) is 5.92 Å². The Morgan fingerprint density at radius 1 is 1.04 bits per heavy atom. The second-order valence-corrected chi connectivity index (χ2v) is 7.90. The zero-order chi connectivity index (χ0) is 19.3. The fourth-order valence-corrected chi connectivity index (χ4v) is 4.35. The number of benzene rings is 1. The Bertz CT molecular complexity index is 804. The minimum atomic E-state index is -0.273. The summed E-state index contributed by atoms with van der Waals surface area (Å²) in [5.41, 5.74) is 1.71. The molecule has 0 spiro atoms. The quantitative estimate of drug-likeness (QED) is 0.836. The molecular formula is C22H27FN4O. The van der Waals surface area contributed by atoms with Crippen LogP contribution in [0.4, 0.5) is 16.0 Å². The van der Waals surface area contributed by atoms with Gasteiger partial charge >= 0.3 is 0 Å². The second kappa shape index (κ2) is 8.67. The molecule has 5 nitrogen and oxygen atoms in total. The van der Waals surface area contributed by atoms with E-state index in [4.69, 9.17) is 0 Å². The number of piperidine rings is 1. The molecule has 1 amide bonds. The molecule has 28 heavy (non-hydrogen) atoms. The highest BCUT2D eigenvalue weighted by molar-refractivity contribution is 5.79. The first-order valence-corrected chi connectivity index (χ1v) is 10.3. The summed E-state index contributed by atoms with van der Waals surface area (Å²) >= 11 is 0. The van der Waals surface area contributed by atoms with Gasteiger partial charge in [0.25, 0.3) is 0 Å². The van der Waals surface area contributed by atoms with Crippen molar-refractivity contribution in [1.82, 2.24) is 14.9 Å². The van der Waals surface area contributed by atoms with Gasteiger partial charge in [0.2, 0.25) is 11.9 Å². The summed E-state index contributed by atoms with van der Waals surface area (Å²) in [6.45, 7) is 1.60. The topological polar surface area (TPSA) is 58.1 Å². The lowest BCUT2D eigenvalue weighted by Gasteiger charge is -2.35. The van der Waals surface area contributed by atoms with Gasteiger partial charge in [0.1, 0.15) is 5.82 Å². The van der Waals surface area contributed by atoms with E-state index in [0.717, 1.165) is 50.2 Å². The minimum absolute atomic E-state index is 0.216. The number of rotatable bonds is 4. The second-order valence-electron chi connectivity index (χ2n) is 7.90. The average Bonchev–Trinajstić information content (AvgIpc) is 2.76. The van der Waals surface area contributed by atoms with Crippen LogP contribution in [0, 0.1) is 11.7 Å². The summed E-state index contributed by atoms with van der Waals surface area (Å²) < 4.78 is 13.1. The molecule has 1 saturated heterocycles. The molecule has 1 unspecified atom stereocenters. The van der Waals surface area contributed by atoms with Crippen molar-refractivity contribution >= 4 is 17.5 Å². The highest BCUT2D eigenvalue weighted by Gasteiger charge is 2.30. The van der Waals surface area contributed by atoms with Gasteiger partial charge in [0.05, 0.1) is 5.69 Å². The Balaban J connectivity index is 1.43. The maximum Gasteiger partial charge on any atom is 0.227 e. The number of anilines is 2. The highest BCUT2D eigenvalue weighted by Crippen LogP contribution is 2.30. The third-order valence-corrected chi connectivity index (χ3v) is 5.88. The van der Waals surface area contributed by atoms with Crippen LogP contribution in [-0.4, -0.2) is 33.9 Å². The lowest BCUT2D eigenvalue weighted by Crippen LogP contribution is -2.43. The lowest BCUT2D eigenvalue weighted by molar-refractivity contribution is -0.137. The van der Waals surface area contributed by atoms with Gasteiger partial charge in [-0.05, 0) is 56.0 Å². The summed E-state index contributed by atoms with van der Waals surface area (Å²) in [4.78, 5) is 23.9. The van der Waals surface area contributed by atoms with E-state index in [9.17, 15) is 9.18 Å². The third-order valence-electron chi connectivity index (χ3n) is 5.88. The molecule has 0 radical (unpaired) electrons. The third kappa shape index (κ3) is 4.49. The van der Waals surface area contributed by atoms with E-state index in [0.29, 0.717) is 11.9 Å². The maximum atomic E-state index is 13.1. The van der Waals surface area contributed by atoms with Crippen LogP contribution in [0.15, 0.2) is 36.5 Å². The normalized spacial score (nSPS) is 20.8. The average molecular weight is 382 g/mol. The Hall–Kier alpha value is -2.50. The van der Waals surface area contributed by atoms with Gasteiger partial charge < -0.3 is 10.2 Å². The van der Waals surface area contributed by atoms with E-state index in [1.165, 1.54) is 31.4 Å². The fraction of sp³-hybridized carbons (Fsp3) is 0.500. The van der Waals surface area contributed by atoms with E-state index >= 15 is 0 Å². The Kier molecular flexibility index (Phi) is 5.84. The van der Waals surface area contributed by atoms with Crippen LogP contribution in [0.2, 0.25) is 0 Å². The monoisotopic (exact) mass is 382 g/mol. The molecule has 1 atom stereocenters. The molecule has 1 aliphatic carbocycles. The summed E-state index contributed by atoms with van der Waals surface area (Å²) in [6, 6.07) is 8.08. The number of aromatic nitrogens is 2. The van der Waals surface area contributed by atoms with Gasteiger partial charge in [-0.2, -0.15) is 0 Å². The number of carbonyl (C=O) groups is 1. The van der Waals surface area contributed by atoms with Crippen molar-refractivity contribution in [2.45, 2.75) is 50.9 Å². The smallest absolute Gasteiger partial charge is 0.227 e. The first-order chi connectivity index (χ1) is 13.7. The number of carbonyl (C=O) groups excluding carboxylic acids is 1. The number of hydrogen-bond donors (Lipinski definition) is 1. The fourth-order valence-electron chi connectivity index (χ4n) is 4.35. The number of likely N-dealkylation sites (tertiary alicyclic amines) is 1. The molecule has 1 saturated carbocycles. The van der Waals surface area contributed by atoms with E-state index in [1.54, 1.807) is 18.3 Å². The predicted octanol–water partition coefficient (Wildman–Crippen LogP) is 4.65. The van der Waals surface area contributed by atoms with Crippen LogP contribution >= 0.6 is 0 Å². The van der Waals surface area contributed by atoms with Crippen molar-refractivity contribution in [1.29, 1.82) is 0 Å². The van der Waals surface area contributed by atoms with E-state index < -0.39 is 0 Å². The van der Waals surface area contributed by atoms with Gasteiger partial charge in [0, 0.05) is 36.8 Å². The van der Waals surface area contributed by atoms with E-state index in [1.807, 2.05) is 6.07 Å². The molecule has 2 aliphatic rings. The van der Waals surface area contributed by atoms with Crippen LogP contribution in [-0.2, 0) is 4.79 Å². The van der Waals surface area contributed by atoms with Crippen molar-refractivity contribution < 1.29 is 9.18 Å². The highest BCUT2D eigenvalue weighted by atomic mass is 19.1. The van der Waals surface area contributed by atoms with E-state index in [-0.39, 0.29) is 17.7 Å². The molecule has 1 aromatic heterocycles. The largest absolute Gasteiger partial charge is 0.342 e. The molecule has 148 valence electrons. The van der Waals surface area contributed by atoms with Crippen LogP contribution in [0.1, 0.15) is 56.6 Å². The van der Waals surface area contributed by atoms with Gasteiger partial charge in [-0.3, -0.25) is 4.79 Å². The van der Waals surface area contributed by atoms with Crippen molar-refractivity contribution in [2.75, 3.05) is 18.4 Å². The molecule has 2 fully saturated rings. The van der Waals surface area contributed by atoms with Crippen molar-refractivity contribution in [3.05, 3.63) is 48.0 Å². The molecule has 2 heterocycles. The van der Waals surface area contributed by atoms with Gasteiger partial charge in [-0.25, -0.2) is 14.4 Å². The van der Waals surface area contributed by atoms with Crippen LogP contribution < -0.4 is 5.32 Å². The number of amides is 1. The number of hydrogen-bond acceptors (Lipinski definition) is 4. The molecule has 0 bridgehead atoms. The number of nitrogens with one attached hydrogen (secondary N) is 1. The Morgan fingerprint density at radius 2 is 1.82 bits per heavy atom. The van der Waals surface area contributed by atoms with Crippen LogP contribution in [0.3, 0.4) is 0 Å². The molecule has 6 heteroatoms. The number of halogens is 1. The van der Waals surface area contributed by atoms with Crippen LogP contribution in [0.25, 0.3) is 0 Å². The molecule has 1 aliphatic heterocycles. The molecule has 1 aromatic carbocycles. The van der Waals surface area contributed by atoms with Crippen molar-refractivity contribution in [3.8, 4) is 0 Å². The Labute approximate surface area is 165 Å². The van der Waals surface area contributed by atoms with Gasteiger partial charge in [0.15, 0.2) is 0 Å². The van der Waals surface area contributed by atoms with Gasteiger partial charge in [-0.1, -0.05) is 19.3 Å². The molecular weight excluding hydrogens is 355 g/mol. The SMILES string of the molecule is O=C(C1CCCCC1)N1CCCC(c2ccnc(Nc3ccc(F)cc3)n2)C1. The van der Waals surface area contributed by atoms with E-state index in [2.05, 4.69) is 20.2 Å². The zero-order valence-electron chi connectivity index (χ0n) is 16.1. The molecule has 4 rings (SSSR count). The maximum absolute atomic E-state index is 13.1. The number of nitrogens with zero attached hydrogens (tertiary/aromatic N) is 3. The van der Waals surface area contributed by atoms with Gasteiger partial charge in [-0.15, -0.1) is 0 Å². The predicted molar refractivity (Wildman–Crippen MR) is 107 cm³/mol. The summed E-state index contributed by atoms with van der Waals surface area (Å²) in [5.74, 6) is 1.01. The Morgan fingerprint density at radius 3 is 2.61 bits per heavy atom. The summed E-state index contributed by atoms with van der Waals surface area (Å²) in [6.07, 6.45) is 9.48. The first-order valence-electron chi connectivity index (χ1n) is 10.3. The van der Waals surface area contributed by atoms with Crippen molar-refractivity contribution in [3.63, 3.8) is 0 Å². The lowest BCUT2D eigenvalue weighted by atomic mass is 9.87. The molecule has 1 N–H and O–H groups in total. The minimum Gasteiger partial charge on any atom is -0.342 e. The molecule has 2 aromatic rings.